The van der Waals surface area contributed by atoms with Crippen LogP contribution in [0.3, 0.4) is 0 Å². The van der Waals surface area contributed by atoms with E-state index in [1.54, 1.807) is 6.92 Å². The summed E-state index contributed by atoms with van der Waals surface area (Å²) in [6, 6.07) is 0. The molecule has 146 valence electrons. The molecule has 0 aromatic carbocycles. The van der Waals surface area contributed by atoms with E-state index in [9.17, 15) is 18.0 Å². The Morgan fingerprint density at radius 1 is 1.31 bits per heavy atom. The van der Waals surface area contributed by atoms with Gasteiger partial charge >= 0.3 is 6.18 Å². The first-order valence-corrected chi connectivity index (χ1v) is 9.20. The largest absolute Gasteiger partial charge is 0.393 e. The number of piperidine rings is 1. The number of amides is 1. The van der Waals surface area contributed by atoms with Crippen molar-refractivity contribution in [3.63, 3.8) is 0 Å². The van der Waals surface area contributed by atoms with E-state index in [4.69, 9.17) is 4.52 Å². The minimum atomic E-state index is -4.25. The zero-order chi connectivity index (χ0) is 18.8. The van der Waals surface area contributed by atoms with Gasteiger partial charge in [-0.1, -0.05) is 24.4 Å². The summed E-state index contributed by atoms with van der Waals surface area (Å²) >= 11 is 0. The second kappa shape index (κ2) is 7.54. The van der Waals surface area contributed by atoms with Gasteiger partial charge in [-0.25, -0.2) is 0 Å². The lowest BCUT2D eigenvalue weighted by molar-refractivity contribution is -0.188. The van der Waals surface area contributed by atoms with Crippen LogP contribution in [0.2, 0.25) is 0 Å². The Balaban J connectivity index is 1.64. The van der Waals surface area contributed by atoms with Crippen molar-refractivity contribution in [3.8, 4) is 0 Å². The highest BCUT2D eigenvalue weighted by Crippen LogP contribution is 2.36. The maximum absolute atomic E-state index is 13.0. The second-order valence-corrected chi connectivity index (χ2v) is 7.35. The number of likely N-dealkylation sites (tertiary alicyclic amines) is 1. The highest BCUT2D eigenvalue weighted by atomic mass is 19.4. The number of halogens is 3. The Hall–Kier alpha value is -1.64. The Kier molecular flexibility index (Phi) is 5.55. The molecule has 1 aliphatic heterocycles. The standard InChI is InChI=1S/C17H25F3N4O2/c1-12-22-15(23-26-12)16(7-3-2-4-8-16)21-10-14(25)24-9-5-6-13(11-24)17(18,19)20/h13,21H,2-11H2,1H3. The van der Waals surface area contributed by atoms with Crippen LogP contribution in [0.15, 0.2) is 4.52 Å². The molecule has 1 N–H and O–H groups in total. The van der Waals surface area contributed by atoms with Gasteiger partial charge < -0.3 is 9.42 Å². The average Bonchev–Trinajstić information content (AvgIpc) is 3.07. The molecule has 1 saturated carbocycles. The second-order valence-electron chi connectivity index (χ2n) is 7.35. The molecule has 0 spiro atoms. The number of alkyl halides is 3. The molecule has 0 radical (unpaired) electrons. The maximum atomic E-state index is 13.0. The van der Waals surface area contributed by atoms with E-state index in [0.29, 0.717) is 24.7 Å². The summed E-state index contributed by atoms with van der Waals surface area (Å²) in [5, 5.41) is 7.28. The molecular formula is C17H25F3N4O2. The normalized spacial score (nSPS) is 23.8. The fraction of sp³-hybridized carbons (Fsp3) is 0.824. The molecule has 9 heteroatoms. The van der Waals surface area contributed by atoms with Gasteiger partial charge in [-0.05, 0) is 25.7 Å². The van der Waals surface area contributed by atoms with Crippen molar-refractivity contribution in [1.29, 1.82) is 0 Å². The number of hydrogen-bond acceptors (Lipinski definition) is 5. The number of rotatable bonds is 4. The number of carbonyl (C=O) groups excluding carboxylic acids is 1. The van der Waals surface area contributed by atoms with Crippen LogP contribution >= 0.6 is 0 Å². The minimum Gasteiger partial charge on any atom is -0.341 e. The van der Waals surface area contributed by atoms with E-state index in [-0.39, 0.29) is 25.4 Å². The van der Waals surface area contributed by atoms with E-state index in [1.807, 2.05) is 0 Å². The number of hydrogen-bond donors (Lipinski definition) is 1. The molecule has 2 fully saturated rings. The van der Waals surface area contributed by atoms with E-state index < -0.39 is 17.6 Å². The van der Waals surface area contributed by atoms with Gasteiger partial charge in [-0.15, -0.1) is 0 Å². The molecule has 1 amide bonds. The summed E-state index contributed by atoms with van der Waals surface area (Å²) in [7, 11) is 0. The topological polar surface area (TPSA) is 71.3 Å². The van der Waals surface area contributed by atoms with Crippen LogP contribution in [-0.2, 0) is 10.3 Å². The quantitative estimate of drug-likeness (QED) is 0.877. The highest BCUT2D eigenvalue weighted by molar-refractivity contribution is 5.78. The summed E-state index contributed by atoms with van der Waals surface area (Å²) < 4.78 is 44.0. The first kappa shape index (κ1) is 19.1. The Morgan fingerprint density at radius 3 is 2.65 bits per heavy atom. The van der Waals surface area contributed by atoms with Gasteiger partial charge in [0, 0.05) is 20.0 Å². The summed E-state index contributed by atoms with van der Waals surface area (Å²) in [6.07, 6.45) is 0.850. The SMILES string of the molecule is Cc1nc(C2(NCC(=O)N3CCCC(C(F)(F)F)C3)CCCCC2)no1. The molecule has 2 heterocycles. The summed E-state index contributed by atoms with van der Waals surface area (Å²) in [6.45, 7) is 1.82. The van der Waals surface area contributed by atoms with Gasteiger partial charge in [0.15, 0.2) is 5.82 Å². The molecule has 1 saturated heterocycles. The van der Waals surface area contributed by atoms with Gasteiger partial charge in [0.2, 0.25) is 11.8 Å². The zero-order valence-electron chi connectivity index (χ0n) is 14.9. The lowest BCUT2D eigenvalue weighted by Gasteiger charge is -2.37. The summed E-state index contributed by atoms with van der Waals surface area (Å²) in [4.78, 5) is 18.2. The van der Waals surface area contributed by atoms with Gasteiger partial charge in [0.25, 0.3) is 0 Å². The van der Waals surface area contributed by atoms with Crippen molar-refractivity contribution in [1.82, 2.24) is 20.4 Å². The third-order valence-corrected chi connectivity index (χ3v) is 5.48. The monoisotopic (exact) mass is 374 g/mol. The van der Waals surface area contributed by atoms with Crippen molar-refractivity contribution in [2.24, 2.45) is 5.92 Å². The van der Waals surface area contributed by atoms with Crippen LogP contribution in [0.25, 0.3) is 0 Å². The van der Waals surface area contributed by atoms with E-state index >= 15 is 0 Å². The van der Waals surface area contributed by atoms with Gasteiger partial charge in [-0.3, -0.25) is 10.1 Å². The predicted molar refractivity (Wildman–Crippen MR) is 87.2 cm³/mol. The molecular weight excluding hydrogens is 349 g/mol. The molecule has 0 bridgehead atoms. The van der Waals surface area contributed by atoms with Crippen molar-refractivity contribution in [2.45, 2.75) is 63.6 Å². The van der Waals surface area contributed by atoms with E-state index in [0.717, 1.165) is 32.1 Å². The zero-order valence-corrected chi connectivity index (χ0v) is 14.9. The molecule has 1 unspecified atom stereocenters. The van der Waals surface area contributed by atoms with Gasteiger partial charge in [-0.2, -0.15) is 18.2 Å². The van der Waals surface area contributed by atoms with Crippen LogP contribution in [0.5, 0.6) is 0 Å². The molecule has 3 rings (SSSR count). The number of nitrogens with one attached hydrogen (secondary N) is 1. The lowest BCUT2D eigenvalue weighted by atomic mass is 9.81. The Labute approximate surface area is 150 Å². The van der Waals surface area contributed by atoms with Gasteiger partial charge in [0.1, 0.15) is 0 Å². The van der Waals surface area contributed by atoms with Crippen LogP contribution < -0.4 is 5.32 Å². The predicted octanol–water partition coefficient (Wildman–Crippen LogP) is 2.93. The molecule has 6 nitrogen and oxygen atoms in total. The molecule has 1 aromatic heterocycles. The molecule has 1 aliphatic carbocycles. The van der Waals surface area contributed by atoms with Crippen LogP contribution in [-0.4, -0.2) is 46.8 Å². The van der Waals surface area contributed by atoms with Crippen molar-refractivity contribution in [2.75, 3.05) is 19.6 Å². The first-order valence-electron chi connectivity index (χ1n) is 9.20. The lowest BCUT2D eigenvalue weighted by Crippen LogP contribution is -2.52. The van der Waals surface area contributed by atoms with Crippen LogP contribution in [0.1, 0.15) is 56.7 Å². The summed E-state index contributed by atoms with van der Waals surface area (Å²) in [5.41, 5.74) is -0.537. The third-order valence-electron chi connectivity index (χ3n) is 5.48. The van der Waals surface area contributed by atoms with Crippen molar-refractivity contribution in [3.05, 3.63) is 11.7 Å². The van der Waals surface area contributed by atoms with Crippen molar-refractivity contribution >= 4 is 5.91 Å². The van der Waals surface area contributed by atoms with Gasteiger partial charge in [0.05, 0.1) is 18.0 Å². The number of nitrogens with zero attached hydrogens (tertiary/aromatic N) is 3. The first-order chi connectivity index (χ1) is 12.3. The van der Waals surface area contributed by atoms with E-state index in [1.165, 1.54) is 4.90 Å². The average molecular weight is 374 g/mol. The maximum Gasteiger partial charge on any atom is 0.393 e. The minimum absolute atomic E-state index is 0.0157. The number of aromatic nitrogens is 2. The molecule has 2 aliphatic rings. The Bertz CT molecular complexity index is 626. The van der Waals surface area contributed by atoms with Crippen LogP contribution in [0.4, 0.5) is 13.2 Å². The fourth-order valence-corrected chi connectivity index (χ4v) is 3.96. The molecule has 26 heavy (non-hydrogen) atoms. The highest BCUT2D eigenvalue weighted by Gasteiger charge is 2.43. The number of carbonyl (C=O) groups is 1. The fourth-order valence-electron chi connectivity index (χ4n) is 3.96. The van der Waals surface area contributed by atoms with Crippen LogP contribution in [0, 0.1) is 12.8 Å². The Morgan fingerprint density at radius 2 is 2.04 bits per heavy atom. The smallest absolute Gasteiger partial charge is 0.341 e. The number of aryl methyl sites for hydroxylation is 1. The van der Waals surface area contributed by atoms with Crippen molar-refractivity contribution < 1.29 is 22.5 Å². The van der Waals surface area contributed by atoms with E-state index in [2.05, 4.69) is 15.5 Å². The summed E-state index contributed by atoms with van der Waals surface area (Å²) in [5.74, 6) is -0.732. The third kappa shape index (κ3) is 4.19. The molecule has 1 atom stereocenters. The molecule has 1 aromatic rings.